The summed E-state index contributed by atoms with van der Waals surface area (Å²) in [5.74, 6) is 1.38. The van der Waals surface area contributed by atoms with Crippen LogP contribution in [0.1, 0.15) is 40.5 Å². The number of sulfone groups is 2. The van der Waals surface area contributed by atoms with E-state index in [0.717, 1.165) is 37.9 Å². The molecule has 12 heteroatoms. The van der Waals surface area contributed by atoms with Gasteiger partial charge in [0.25, 0.3) is 0 Å². The quantitative estimate of drug-likeness (QED) is 0.177. The van der Waals surface area contributed by atoms with E-state index >= 15 is 0 Å². The SMILES string of the molecule is CCC1(C)CN(c2ccccc2)c2cc(Br)c(OC)cc2S(=O)(=O)C1.CCC1(C)CN(c2ccccc2)c2cc(I)c(OC)cc2S(=O)(=O)C1. The minimum Gasteiger partial charge on any atom is -0.496 e. The summed E-state index contributed by atoms with van der Waals surface area (Å²) in [6, 6.07) is 27.0. The summed E-state index contributed by atoms with van der Waals surface area (Å²) in [5, 5.41) is 0. The number of hydrogen-bond donors (Lipinski definition) is 0. The third-order valence-electron chi connectivity index (χ3n) is 9.72. The molecule has 0 fully saturated rings. The molecule has 2 aliphatic heterocycles. The monoisotopic (exact) mass is 894 g/mol. The third kappa shape index (κ3) is 7.98. The minimum atomic E-state index is -3.43. The molecule has 268 valence electrons. The highest BCUT2D eigenvalue weighted by atomic mass is 127. The Hall–Kier alpha value is -2.81. The fraction of sp³-hybridized carbons (Fsp3) is 0.368. The Labute approximate surface area is 319 Å². The predicted molar refractivity (Wildman–Crippen MR) is 214 cm³/mol. The number of para-hydroxylation sites is 2. The van der Waals surface area contributed by atoms with Gasteiger partial charge in [0.05, 0.1) is 54.9 Å². The summed E-state index contributed by atoms with van der Waals surface area (Å²) in [5.41, 5.74) is 2.74. The van der Waals surface area contributed by atoms with E-state index in [1.165, 1.54) is 0 Å². The molecule has 0 aliphatic carbocycles. The zero-order chi connectivity index (χ0) is 36.5. The number of benzene rings is 4. The molecule has 0 aromatic heterocycles. The molecular weight excluding hydrogens is 851 g/mol. The lowest BCUT2D eigenvalue weighted by Crippen LogP contribution is -2.35. The van der Waals surface area contributed by atoms with Crippen LogP contribution in [0.3, 0.4) is 0 Å². The van der Waals surface area contributed by atoms with Crippen molar-refractivity contribution in [1.29, 1.82) is 0 Å². The molecule has 8 nitrogen and oxygen atoms in total. The number of anilines is 4. The van der Waals surface area contributed by atoms with E-state index in [1.54, 1.807) is 26.4 Å². The Balaban J connectivity index is 0.000000194. The number of ether oxygens (including phenoxy) is 2. The molecule has 2 heterocycles. The molecule has 4 aromatic rings. The highest BCUT2D eigenvalue weighted by Gasteiger charge is 2.40. The van der Waals surface area contributed by atoms with Crippen molar-refractivity contribution in [2.45, 2.75) is 50.3 Å². The van der Waals surface area contributed by atoms with Crippen LogP contribution in [-0.4, -0.2) is 55.7 Å². The van der Waals surface area contributed by atoms with Crippen LogP contribution >= 0.6 is 38.5 Å². The molecule has 0 amide bonds. The maximum absolute atomic E-state index is 13.1. The number of rotatable bonds is 6. The van der Waals surface area contributed by atoms with Crippen molar-refractivity contribution in [1.82, 2.24) is 0 Å². The van der Waals surface area contributed by atoms with Gasteiger partial charge in [0.15, 0.2) is 19.7 Å². The molecule has 6 rings (SSSR count). The van der Waals surface area contributed by atoms with Gasteiger partial charge in [0, 0.05) is 36.6 Å². The third-order valence-corrected chi connectivity index (χ3v) is 15.3. The average Bonchev–Trinajstić information content (AvgIpc) is 3.24. The second kappa shape index (κ2) is 15.0. The van der Waals surface area contributed by atoms with Crippen LogP contribution in [0.2, 0.25) is 0 Å². The number of nitrogens with zero attached hydrogens (tertiary/aromatic N) is 2. The molecule has 0 spiro atoms. The van der Waals surface area contributed by atoms with Gasteiger partial charge in [-0.05, 0) is 98.6 Å². The van der Waals surface area contributed by atoms with Crippen molar-refractivity contribution >= 4 is 80.9 Å². The van der Waals surface area contributed by atoms with Crippen molar-refractivity contribution in [2.75, 3.05) is 48.6 Å². The normalized spacial score (nSPS) is 22.2. The van der Waals surface area contributed by atoms with Gasteiger partial charge in [-0.2, -0.15) is 0 Å². The van der Waals surface area contributed by atoms with Crippen LogP contribution in [0.4, 0.5) is 22.7 Å². The Morgan fingerprint density at radius 1 is 0.680 bits per heavy atom. The van der Waals surface area contributed by atoms with Gasteiger partial charge >= 0.3 is 0 Å². The first-order chi connectivity index (χ1) is 23.6. The van der Waals surface area contributed by atoms with Gasteiger partial charge in [-0.15, -0.1) is 0 Å². The van der Waals surface area contributed by atoms with E-state index in [-0.39, 0.29) is 22.3 Å². The van der Waals surface area contributed by atoms with Gasteiger partial charge in [-0.1, -0.05) is 64.1 Å². The smallest absolute Gasteiger partial charge is 0.181 e. The van der Waals surface area contributed by atoms with Gasteiger partial charge in [-0.3, -0.25) is 0 Å². The summed E-state index contributed by atoms with van der Waals surface area (Å²) >= 11 is 5.69. The van der Waals surface area contributed by atoms with Crippen LogP contribution in [0.5, 0.6) is 11.5 Å². The first kappa shape index (κ1) is 38.4. The summed E-state index contributed by atoms with van der Waals surface area (Å²) in [6.45, 7) is 9.48. The van der Waals surface area contributed by atoms with E-state index in [2.05, 4.69) is 62.2 Å². The minimum absolute atomic E-state index is 0.123. The summed E-state index contributed by atoms with van der Waals surface area (Å²) in [7, 11) is -3.73. The highest BCUT2D eigenvalue weighted by Crippen LogP contribution is 2.46. The maximum atomic E-state index is 13.1. The van der Waals surface area contributed by atoms with E-state index in [4.69, 9.17) is 9.47 Å². The van der Waals surface area contributed by atoms with E-state index in [9.17, 15) is 16.8 Å². The predicted octanol–water partition coefficient (Wildman–Crippen LogP) is 9.44. The van der Waals surface area contributed by atoms with E-state index < -0.39 is 19.7 Å². The highest BCUT2D eigenvalue weighted by molar-refractivity contribution is 14.1. The molecule has 0 saturated carbocycles. The molecule has 2 atom stereocenters. The second-order valence-corrected chi connectivity index (χ2v) is 19.5. The summed E-state index contributed by atoms with van der Waals surface area (Å²) in [6.07, 6.45) is 1.57. The molecular formula is C38H44BrIN2O6S2. The van der Waals surface area contributed by atoms with Crippen molar-refractivity contribution in [2.24, 2.45) is 10.8 Å². The molecule has 0 saturated heterocycles. The summed E-state index contributed by atoms with van der Waals surface area (Å²) in [4.78, 5) is 4.91. The van der Waals surface area contributed by atoms with Crippen LogP contribution in [0.15, 0.2) is 99.2 Å². The lowest BCUT2D eigenvalue weighted by Gasteiger charge is -2.33. The molecule has 4 aromatic carbocycles. The second-order valence-electron chi connectivity index (χ2n) is 13.6. The van der Waals surface area contributed by atoms with Crippen LogP contribution in [-0.2, 0) is 19.7 Å². The molecule has 0 bridgehead atoms. The van der Waals surface area contributed by atoms with Crippen molar-refractivity contribution in [3.63, 3.8) is 0 Å². The van der Waals surface area contributed by atoms with Crippen LogP contribution in [0.25, 0.3) is 0 Å². The largest absolute Gasteiger partial charge is 0.496 e. The van der Waals surface area contributed by atoms with Crippen LogP contribution < -0.4 is 19.3 Å². The van der Waals surface area contributed by atoms with Crippen molar-refractivity contribution in [3.8, 4) is 11.5 Å². The Morgan fingerprint density at radius 2 is 1.08 bits per heavy atom. The van der Waals surface area contributed by atoms with Crippen molar-refractivity contribution in [3.05, 3.63) is 93.0 Å². The van der Waals surface area contributed by atoms with Crippen molar-refractivity contribution < 1.29 is 26.3 Å². The Kier molecular flexibility index (Phi) is 11.6. The molecule has 0 N–H and O–H groups in total. The number of halogens is 2. The first-order valence-corrected chi connectivity index (χ1v) is 21.6. The van der Waals surface area contributed by atoms with Crippen LogP contribution in [0, 0.1) is 14.4 Å². The number of fused-ring (bicyclic) bond motifs is 2. The van der Waals surface area contributed by atoms with Gasteiger partial charge in [0.1, 0.15) is 11.5 Å². The zero-order valence-corrected chi connectivity index (χ0v) is 34.6. The standard InChI is InChI=1S/C19H22BrNO3S.C19H22INO3S/c2*1-4-19(2)12-21(14-8-6-5-7-9-14)16-10-15(20)17(24-3)11-18(16)25(22,23)13-19/h2*5-11H,4,12-13H2,1-3H3. The lowest BCUT2D eigenvalue weighted by molar-refractivity contribution is 0.366. The van der Waals surface area contributed by atoms with Gasteiger partial charge in [0.2, 0.25) is 0 Å². The number of hydrogen-bond acceptors (Lipinski definition) is 8. The molecule has 0 radical (unpaired) electrons. The molecule has 2 aliphatic rings. The topological polar surface area (TPSA) is 93.2 Å². The maximum Gasteiger partial charge on any atom is 0.181 e. The van der Waals surface area contributed by atoms with Gasteiger partial charge in [-0.25, -0.2) is 16.8 Å². The van der Waals surface area contributed by atoms with Gasteiger partial charge < -0.3 is 19.3 Å². The molecule has 2 unspecified atom stereocenters. The zero-order valence-electron chi connectivity index (χ0n) is 29.2. The van der Waals surface area contributed by atoms with E-state index in [0.29, 0.717) is 40.1 Å². The summed E-state index contributed by atoms with van der Waals surface area (Å²) < 4.78 is 64.9. The first-order valence-electron chi connectivity index (χ1n) is 16.4. The lowest BCUT2D eigenvalue weighted by atomic mass is 9.89. The van der Waals surface area contributed by atoms with E-state index in [1.807, 2.05) is 86.6 Å². The average molecular weight is 896 g/mol. The Bertz CT molecular complexity index is 1920. The molecule has 50 heavy (non-hydrogen) atoms. The Morgan fingerprint density at radius 3 is 1.48 bits per heavy atom. The number of methoxy groups -OCH3 is 2. The fourth-order valence-corrected chi connectivity index (χ4v) is 11.9. The fourth-order valence-electron chi connectivity index (χ4n) is 6.48.